The zero-order valence-electron chi connectivity index (χ0n) is 12.5. The molecule has 0 fully saturated rings. The quantitative estimate of drug-likeness (QED) is 0.619. The van der Waals surface area contributed by atoms with Crippen molar-refractivity contribution in [2.75, 3.05) is 14.2 Å². The lowest BCUT2D eigenvalue weighted by Gasteiger charge is -2.07. The first-order valence-electron chi connectivity index (χ1n) is 6.59. The molecule has 1 amide bonds. The highest BCUT2D eigenvalue weighted by molar-refractivity contribution is 9.10. The summed E-state index contributed by atoms with van der Waals surface area (Å²) in [5, 5.41) is 13.6. The Morgan fingerprint density at radius 2 is 1.91 bits per heavy atom. The molecule has 0 bridgehead atoms. The topological polar surface area (TPSA) is 80.2 Å². The minimum Gasteiger partial charge on any atom is -0.503 e. The van der Waals surface area contributed by atoms with Gasteiger partial charge in [-0.25, -0.2) is 5.43 Å². The number of carbonyl (C=O) groups is 1. The van der Waals surface area contributed by atoms with Gasteiger partial charge in [0.2, 0.25) is 0 Å². The number of methoxy groups -OCH3 is 2. The van der Waals surface area contributed by atoms with Crippen molar-refractivity contribution in [1.82, 2.24) is 5.43 Å². The van der Waals surface area contributed by atoms with Crippen LogP contribution in [-0.4, -0.2) is 31.4 Å². The molecule has 0 saturated carbocycles. The Balaban J connectivity index is 2.13. The smallest absolute Gasteiger partial charge is 0.275 e. The molecule has 6 nitrogen and oxygen atoms in total. The van der Waals surface area contributed by atoms with E-state index in [1.807, 2.05) is 0 Å². The van der Waals surface area contributed by atoms with E-state index in [1.165, 1.54) is 20.4 Å². The van der Waals surface area contributed by atoms with Crippen molar-refractivity contribution in [2.45, 2.75) is 0 Å². The Kier molecular flexibility index (Phi) is 5.59. The van der Waals surface area contributed by atoms with E-state index >= 15 is 0 Å². The van der Waals surface area contributed by atoms with Gasteiger partial charge in [0.1, 0.15) is 5.75 Å². The molecular formula is C16H15BrN2O4. The van der Waals surface area contributed by atoms with Crippen LogP contribution in [0.1, 0.15) is 15.9 Å². The number of para-hydroxylation sites is 1. The zero-order valence-corrected chi connectivity index (χ0v) is 14.1. The number of carbonyl (C=O) groups excluding carboxylic acids is 1. The van der Waals surface area contributed by atoms with Gasteiger partial charge in [0.25, 0.3) is 5.91 Å². The number of nitrogens with zero attached hydrogens (tertiary/aromatic N) is 1. The van der Waals surface area contributed by atoms with E-state index in [0.29, 0.717) is 27.1 Å². The van der Waals surface area contributed by atoms with Crippen LogP contribution in [0.25, 0.3) is 0 Å². The number of nitrogens with one attached hydrogen (secondary N) is 1. The molecule has 2 aromatic carbocycles. The van der Waals surface area contributed by atoms with Gasteiger partial charge in [-0.3, -0.25) is 4.79 Å². The predicted octanol–water partition coefficient (Wildman–Crippen LogP) is 2.94. The Hall–Kier alpha value is -2.54. The molecule has 2 N–H and O–H groups in total. The van der Waals surface area contributed by atoms with Crippen LogP contribution in [0.2, 0.25) is 0 Å². The van der Waals surface area contributed by atoms with Crippen LogP contribution in [0.3, 0.4) is 0 Å². The monoisotopic (exact) mass is 378 g/mol. The van der Waals surface area contributed by atoms with Gasteiger partial charge in [0.15, 0.2) is 11.5 Å². The summed E-state index contributed by atoms with van der Waals surface area (Å²) in [5.41, 5.74) is 3.46. The first-order valence-corrected chi connectivity index (χ1v) is 7.39. The van der Waals surface area contributed by atoms with Gasteiger partial charge in [0.05, 0.1) is 30.5 Å². The SMILES string of the molecule is COc1ccccc1C(=O)NN=Cc1cc(Br)c(O)c(OC)c1. The third kappa shape index (κ3) is 4.01. The number of hydrogen-bond donors (Lipinski definition) is 2. The van der Waals surface area contributed by atoms with E-state index < -0.39 is 0 Å². The summed E-state index contributed by atoms with van der Waals surface area (Å²) in [4.78, 5) is 12.1. The van der Waals surface area contributed by atoms with Crippen molar-refractivity contribution >= 4 is 28.1 Å². The van der Waals surface area contributed by atoms with E-state index in [2.05, 4.69) is 26.5 Å². The Morgan fingerprint density at radius 3 is 2.61 bits per heavy atom. The fourth-order valence-electron chi connectivity index (χ4n) is 1.88. The minimum atomic E-state index is -0.386. The normalized spacial score (nSPS) is 10.6. The number of amides is 1. The highest BCUT2D eigenvalue weighted by Crippen LogP contribution is 2.34. The van der Waals surface area contributed by atoms with Crippen LogP contribution in [0.15, 0.2) is 46.0 Å². The fourth-order valence-corrected chi connectivity index (χ4v) is 2.34. The van der Waals surface area contributed by atoms with Gasteiger partial charge in [0, 0.05) is 0 Å². The molecule has 0 unspecified atom stereocenters. The minimum absolute atomic E-state index is 0.00251. The Morgan fingerprint density at radius 1 is 1.22 bits per heavy atom. The molecule has 0 aliphatic heterocycles. The van der Waals surface area contributed by atoms with Gasteiger partial charge in [-0.1, -0.05) is 12.1 Å². The third-order valence-electron chi connectivity index (χ3n) is 3.00. The molecule has 2 rings (SSSR count). The largest absolute Gasteiger partial charge is 0.503 e. The molecule has 0 radical (unpaired) electrons. The van der Waals surface area contributed by atoms with Crippen molar-refractivity contribution in [2.24, 2.45) is 5.10 Å². The average molecular weight is 379 g/mol. The molecule has 0 aliphatic rings. The zero-order chi connectivity index (χ0) is 16.8. The second-order valence-electron chi connectivity index (χ2n) is 4.45. The standard InChI is InChI=1S/C16H15BrN2O4/c1-22-13-6-4-3-5-11(13)16(21)19-18-9-10-7-12(17)15(20)14(8-10)23-2/h3-9,20H,1-2H3,(H,19,21). The number of hydrogen-bond acceptors (Lipinski definition) is 5. The van der Waals surface area contributed by atoms with Crippen LogP contribution in [0.5, 0.6) is 17.2 Å². The van der Waals surface area contributed by atoms with E-state index in [-0.39, 0.29) is 11.7 Å². The summed E-state index contributed by atoms with van der Waals surface area (Å²) in [6.07, 6.45) is 1.44. The first kappa shape index (κ1) is 16.8. The van der Waals surface area contributed by atoms with Crippen LogP contribution >= 0.6 is 15.9 Å². The number of ether oxygens (including phenoxy) is 2. The number of hydrazone groups is 1. The van der Waals surface area contributed by atoms with E-state index in [0.717, 1.165) is 0 Å². The van der Waals surface area contributed by atoms with Crippen molar-refractivity contribution in [3.05, 3.63) is 52.0 Å². The summed E-state index contributed by atoms with van der Waals surface area (Å²) < 4.78 is 10.6. The predicted molar refractivity (Wildman–Crippen MR) is 90.4 cm³/mol. The third-order valence-corrected chi connectivity index (χ3v) is 3.61. The Labute approximate surface area is 141 Å². The summed E-state index contributed by atoms with van der Waals surface area (Å²) in [5.74, 6) is 0.386. The molecule has 0 atom stereocenters. The van der Waals surface area contributed by atoms with Crippen molar-refractivity contribution in [1.29, 1.82) is 0 Å². The average Bonchev–Trinajstić information content (AvgIpc) is 2.57. The van der Waals surface area contributed by atoms with Crippen LogP contribution < -0.4 is 14.9 Å². The second-order valence-corrected chi connectivity index (χ2v) is 5.31. The summed E-state index contributed by atoms with van der Waals surface area (Å²) >= 11 is 3.22. The number of phenols is 1. The van der Waals surface area contributed by atoms with Gasteiger partial charge < -0.3 is 14.6 Å². The van der Waals surface area contributed by atoms with Crippen LogP contribution in [-0.2, 0) is 0 Å². The van der Waals surface area contributed by atoms with E-state index in [9.17, 15) is 9.90 Å². The lowest BCUT2D eigenvalue weighted by molar-refractivity contribution is 0.0952. The molecule has 0 aromatic heterocycles. The van der Waals surface area contributed by atoms with Gasteiger partial charge in [-0.2, -0.15) is 5.10 Å². The molecule has 7 heteroatoms. The number of benzene rings is 2. The number of phenolic OH excluding ortho intramolecular Hbond substituents is 1. The van der Waals surface area contributed by atoms with Crippen LogP contribution in [0.4, 0.5) is 0 Å². The molecule has 120 valence electrons. The number of rotatable bonds is 5. The van der Waals surface area contributed by atoms with Gasteiger partial charge in [-0.05, 0) is 45.8 Å². The maximum atomic E-state index is 12.1. The van der Waals surface area contributed by atoms with Gasteiger partial charge in [-0.15, -0.1) is 0 Å². The molecule has 0 aliphatic carbocycles. The van der Waals surface area contributed by atoms with Crippen LogP contribution in [0, 0.1) is 0 Å². The maximum Gasteiger partial charge on any atom is 0.275 e. The summed E-state index contributed by atoms with van der Waals surface area (Å²) in [6, 6.07) is 10.1. The first-order chi connectivity index (χ1) is 11.1. The van der Waals surface area contributed by atoms with E-state index in [1.54, 1.807) is 36.4 Å². The highest BCUT2D eigenvalue weighted by atomic mass is 79.9. The summed E-state index contributed by atoms with van der Waals surface area (Å²) in [7, 11) is 2.95. The van der Waals surface area contributed by atoms with Gasteiger partial charge >= 0.3 is 0 Å². The highest BCUT2D eigenvalue weighted by Gasteiger charge is 2.10. The number of aromatic hydroxyl groups is 1. The van der Waals surface area contributed by atoms with Crippen molar-refractivity contribution < 1.29 is 19.4 Å². The number of halogens is 1. The Bertz CT molecular complexity index is 747. The molecule has 23 heavy (non-hydrogen) atoms. The molecular weight excluding hydrogens is 364 g/mol. The molecule has 2 aromatic rings. The maximum absolute atomic E-state index is 12.1. The summed E-state index contributed by atoms with van der Waals surface area (Å²) in [6.45, 7) is 0. The second kappa shape index (κ2) is 7.64. The van der Waals surface area contributed by atoms with Crippen molar-refractivity contribution in [3.63, 3.8) is 0 Å². The lowest BCUT2D eigenvalue weighted by Crippen LogP contribution is -2.18. The molecule has 0 heterocycles. The molecule has 0 spiro atoms. The van der Waals surface area contributed by atoms with Crippen molar-refractivity contribution in [3.8, 4) is 17.2 Å². The molecule has 0 saturated heterocycles. The van der Waals surface area contributed by atoms with E-state index in [4.69, 9.17) is 9.47 Å². The fraction of sp³-hybridized carbons (Fsp3) is 0.125. The lowest BCUT2D eigenvalue weighted by atomic mass is 10.2.